The van der Waals surface area contributed by atoms with Crippen molar-refractivity contribution < 1.29 is 18.7 Å². The molecule has 0 saturated carbocycles. The van der Waals surface area contributed by atoms with E-state index in [1.165, 1.54) is 6.07 Å². The number of carbonyl (C=O) groups excluding carboxylic acids is 2. The van der Waals surface area contributed by atoms with Crippen LogP contribution in [0.5, 0.6) is 5.75 Å². The van der Waals surface area contributed by atoms with Gasteiger partial charge in [0.25, 0.3) is 5.91 Å². The van der Waals surface area contributed by atoms with Crippen molar-refractivity contribution in [2.24, 2.45) is 0 Å². The number of para-hydroxylation sites is 1. The Morgan fingerprint density at radius 1 is 0.968 bits per heavy atom. The van der Waals surface area contributed by atoms with Gasteiger partial charge in [-0.2, -0.15) is 0 Å². The van der Waals surface area contributed by atoms with E-state index < -0.39 is 17.8 Å². The van der Waals surface area contributed by atoms with Gasteiger partial charge in [-0.3, -0.25) is 9.69 Å². The molecule has 7 heteroatoms. The number of benzene rings is 3. The van der Waals surface area contributed by atoms with Crippen LogP contribution in [0.4, 0.5) is 9.18 Å². The van der Waals surface area contributed by atoms with E-state index >= 15 is 0 Å². The van der Waals surface area contributed by atoms with Crippen molar-refractivity contribution in [3.05, 3.63) is 105 Å². The maximum absolute atomic E-state index is 13.9. The average Bonchev–Trinajstić information content (AvgIpc) is 3.03. The fourth-order valence-corrected chi connectivity index (χ4v) is 3.50. The minimum Gasteiger partial charge on any atom is -0.488 e. The largest absolute Gasteiger partial charge is 0.488 e. The number of halogens is 2. The minimum absolute atomic E-state index is 0.117. The summed E-state index contributed by atoms with van der Waals surface area (Å²) in [6.45, 7) is 0.233. The third-order valence-electron chi connectivity index (χ3n) is 4.78. The molecule has 1 aliphatic rings. The van der Waals surface area contributed by atoms with Gasteiger partial charge in [0.1, 0.15) is 23.9 Å². The Morgan fingerprint density at radius 3 is 2.45 bits per heavy atom. The second-order valence-electron chi connectivity index (χ2n) is 6.92. The molecule has 0 aromatic heterocycles. The fraction of sp³-hybridized carbons (Fsp3) is 0.0833. The molecular formula is C24H18FIN2O3. The van der Waals surface area contributed by atoms with Gasteiger partial charge in [-0.25, -0.2) is 9.18 Å². The SMILES string of the molecule is O=C1N/C(=C/c2ccccc2OCc2ccc(I)cc2)C(=O)N1Cc1ccccc1F. The molecule has 156 valence electrons. The van der Waals surface area contributed by atoms with Crippen molar-refractivity contribution >= 4 is 40.6 Å². The Morgan fingerprint density at radius 2 is 1.68 bits per heavy atom. The summed E-state index contributed by atoms with van der Waals surface area (Å²) in [5.41, 5.74) is 2.06. The molecule has 0 atom stereocenters. The van der Waals surface area contributed by atoms with Crippen LogP contribution in [-0.2, 0) is 17.9 Å². The Balaban J connectivity index is 1.52. The van der Waals surface area contributed by atoms with Crippen LogP contribution >= 0.6 is 22.6 Å². The molecule has 1 heterocycles. The monoisotopic (exact) mass is 528 g/mol. The standard InChI is InChI=1S/C24H18FIN2O3/c25-20-7-3-1-6-18(20)14-28-23(29)21(27-24(28)30)13-17-5-2-4-8-22(17)31-15-16-9-11-19(26)12-10-16/h1-13H,14-15H2,(H,27,30)/b21-13+. The minimum atomic E-state index is -0.586. The Bertz CT molecular complexity index is 1160. The van der Waals surface area contributed by atoms with E-state index in [0.29, 0.717) is 17.9 Å². The number of urea groups is 1. The van der Waals surface area contributed by atoms with Crippen LogP contribution in [0.3, 0.4) is 0 Å². The average molecular weight is 528 g/mol. The van der Waals surface area contributed by atoms with Crippen LogP contribution in [0.15, 0.2) is 78.5 Å². The van der Waals surface area contributed by atoms with Crippen molar-refractivity contribution in [3.8, 4) is 5.75 Å². The zero-order valence-corrected chi connectivity index (χ0v) is 18.5. The molecule has 1 fully saturated rings. The summed E-state index contributed by atoms with van der Waals surface area (Å²) in [6, 6.07) is 20.7. The van der Waals surface area contributed by atoms with Gasteiger partial charge < -0.3 is 10.1 Å². The smallest absolute Gasteiger partial charge is 0.329 e. The zero-order chi connectivity index (χ0) is 21.8. The molecule has 0 aliphatic carbocycles. The number of amides is 3. The number of hydrogen-bond acceptors (Lipinski definition) is 3. The lowest BCUT2D eigenvalue weighted by Gasteiger charge is -2.12. The van der Waals surface area contributed by atoms with Gasteiger partial charge in [0.2, 0.25) is 0 Å². The summed E-state index contributed by atoms with van der Waals surface area (Å²) in [5, 5.41) is 2.57. The summed E-state index contributed by atoms with van der Waals surface area (Å²) in [6.07, 6.45) is 1.57. The molecule has 3 aromatic rings. The second-order valence-corrected chi connectivity index (χ2v) is 8.17. The van der Waals surface area contributed by atoms with Crippen LogP contribution in [0.25, 0.3) is 6.08 Å². The maximum Gasteiger partial charge on any atom is 0.329 e. The van der Waals surface area contributed by atoms with Crippen LogP contribution in [0.1, 0.15) is 16.7 Å². The summed E-state index contributed by atoms with van der Waals surface area (Å²) >= 11 is 2.24. The molecule has 1 saturated heterocycles. The van der Waals surface area contributed by atoms with E-state index in [0.717, 1.165) is 14.0 Å². The van der Waals surface area contributed by atoms with E-state index in [4.69, 9.17) is 4.74 Å². The normalized spacial score (nSPS) is 14.8. The van der Waals surface area contributed by atoms with Gasteiger partial charge >= 0.3 is 6.03 Å². The number of imide groups is 1. The first-order valence-corrected chi connectivity index (χ1v) is 10.6. The number of hydrogen-bond donors (Lipinski definition) is 1. The van der Waals surface area contributed by atoms with Crippen molar-refractivity contribution in [3.63, 3.8) is 0 Å². The second kappa shape index (κ2) is 9.30. The summed E-state index contributed by atoms with van der Waals surface area (Å²) in [4.78, 5) is 26.1. The van der Waals surface area contributed by atoms with Crippen LogP contribution < -0.4 is 10.1 Å². The first kappa shape index (κ1) is 21.0. The lowest BCUT2D eigenvalue weighted by atomic mass is 10.1. The predicted molar refractivity (Wildman–Crippen MR) is 123 cm³/mol. The molecule has 4 rings (SSSR count). The van der Waals surface area contributed by atoms with E-state index in [9.17, 15) is 14.0 Å². The highest BCUT2D eigenvalue weighted by Gasteiger charge is 2.34. The summed E-state index contributed by atoms with van der Waals surface area (Å²) in [7, 11) is 0. The van der Waals surface area contributed by atoms with Gasteiger partial charge in [-0.05, 0) is 58.5 Å². The molecule has 5 nitrogen and oxygen atoms in total. The lowest BCUT2D eigenvalue weighted by molar-refractivity contribution is -0.123. The number of ether oxygens (including phenoxy) is 1. The van der Waals surface area contributed by atoms with Crippen molar-refractivity contribution in [2.45, 2.75) is 13.2 Å². The third-order valence-corrected chi connectivity index (χ3v) is 5.49. The molecular weight excluding hydrogens is 510 g/mol. The molecule has 0 unspecified atom stereocenters. The van der Waals surface area contributed by atoms with Gasteiger partial charge in [0.15, 0.2) is 0 Å². The van der Waals surface area contributed by atoms with Gasteiger partial charge in [0.05, 0.1) is 6.54 Å². The first-order chi connectivity index (χ1) is 15.0. The Labute approximate surface area is 192 Å². The van der Waals surface area contributed by atoms with Crippen molar-refractivity contribution in [1.29, 1.82) is 0 Å². The number of rotatable bonds is 6. The first-order valence-electron chi connectivity index (χ1n) is 9.55. The van der Waals surface area contributed by atoms with Crippen LogP contribution in [-0.4, -0.2) is 16.8 Å². The van der Waals surface area contributed by atoms with Crippen molar-refractivity contribution in [2.75, 3.05) is 0 Å². The summed E-state index contributed by atoms with van der Waals surface area (Å²) < 4.78 is 21.0. The zero-order valence-electron chi connectivity index (χ0n) is 16.3. The fourth-order valence-electron chi connectivity index (χ4n) is 3.14. The number of nitrogens with one attached hydrogen (secondary N) is 1. The summed E-state index contributed by atoms with van der Waals surface area (Å²) in [5.74, 6) is -0.390. The highest BCUT2D eigenvalue weighted by Crippen LogP contribution is 2.24. The lowest BCUT2D eigenvalue weighted by Crippen LogP contribution is -2.30. The third kappa shape index (κ3) is 4.93. The van der Waals surface area contributed by atoms with Gasteiger partial charge in [-0.1, -0.05) is 48.5 Å². The van der Waals surface area contributed by atoms with Crippen LogP contribution in [0, 0.1) is 9.39 Å². The quantitative estimate of drug-likeness (QED) is 0.275. The van der Waals surface area contributed by atoms with Gasteiger partial charge in [0, 0.05) is 14.7 Å². The molecule has 1 N–H and O–H groups in total. The van der Waals surface area contributed by atoms with E-state index in [-0.39, 0.29) is 17.8 Å². The highest BCUT2D eigenvalue weighted by atomic mass is 127. The van der Waals surface area contributed by atoms with E-state index in [1.54, 1.807) is 36.4 Å². The Kier molecular flexibility index (Phi) is 6.31. The molecule has 0 spiro atoms. The topological polar surface area (TPSA) is 58.6 Å². The van der Waals surface area contributed by atoms with E-state index in [1.807, 2.05) is 36.4 Å². The molecule has 0 radical (unpaired) electrons. The molecule has 0 bridgehead atoms. The van der Waals surface area contributed by atoms with Crippen molar-refractivity contribution in [1.82, 2.24) is 10.2 Å². The van der Waals surface area contributed by atoms with Gasteiger partial charge in [-0.15, -0.1) is 0 Å². The Hall–Kier alpha value is -3.20. The highest BCUT2D eigenvalue weighted by molar-refractivity contribution is 14.1. The molecule has 1 aliphatic heterocycles. The van der Waals surface area contributed by atoms with E-state index in [2.05, 4.69) is 27.9 Å². The molecule has 3 aromatic carbocycles. The van der Waals surface area contributed by atoms with Crippen LogP contribution in [0.2, 0.25) is 0 Å². The maximum atomic E-state index is 13.9. The predicted octanol–water partition coefficient (Wildman–Crippen LogP) is 5.10. The number of nitrogens with zero attached hydrogens (tertiary/aromatic N) is 1. The number of carbonyl (C=O) groups is 2. The molecule has 31 heavy (non-hydrogen) atoms. The molecule has 3 amide bonds.